The number of unbranched alkanes of at least 4 members (excludes halogenated alkanes) is 1. The van der Waals surface area contributed by atoms with Crippen molar-refractivity contribution in [2.75, 3.05) is 13.2 Å². The number of carbonyl (C=O) groups excluding carboxylic acids is 1. The molecule has 0 N–H and O–H groups in total. The molecular formula is C16H23NO2S. The molecule has 110 valence electrons. The zero-order valence-corrected chi connectivity index (χ0v) is 12.9. The number of benzene rings is 1. The lowest BCUT2D eigenvalue weighted by Crippen LogP contribution is -2.34. The van der Waals surface area contributed by atoms with Crippen LogP contribution in [-0.4, -0.2) is 29.5 Å². The minimum Gasteiger partial charge on any atom is -0.449 e. The van der Waals surface area contributed by atoms with E-state index in [0.717, 1.165) is 38.0 Å². The molecule has 0 bridgehead atoms. The fourth-order valence-corrected chi connectivity index (χ4v) is 3.55. The monoisotopic (exact) mass is 293 g/mol. The molecule has 2 rings (SSSR count). The summed E-state index contributed by atoms with van der Waals surface area (Å²) in [6, 6.07) is 10.4. The normalized spacial score (nSPS) is 18.2. The smallest absolute Gasteiger partial charge is 0.410 e. The number of amides is 1. The predicted octanol–water partition coefficient (Wildman–Crippen LogP) is 4.28. The van der Waals surface area contributed by atoms with Gasteiger partial charge in [-0.15, -0.1) is 11.8 Å². The molecule has 0 spiro atoms. The van der Waals surface area contributed by atoms with E-state index >= 15 is 0 Å². The van der Waals surface area contributed by atoms with Gasteiger partial charge in [-0.25, -0.2) is 4.79 Å². The molecule has 1 aromatic carbocycles. The van der Waals surface area contributed by atoms with Crippen LogP contribution in [0, 0.1) is 0 Å². The van der Waals surface area contributed by atoms with E-state index in [1.54, 1.807) is 0 Å². The second-order valence-corrected chi connectivity index (χ2v) is 6.22. The number of hydrogen-bond donors (Lipinski definition) is 0. The Morgan fingerprint density at radius 2 is 2.20 bits per heavy atom. The van der Waals surface area contributed by atoms with E-state index in [9.17, 15) is 4.79 Å². The van der Waals surface area contributed by atoms with Crippen LogP contribution < -0.4 is 0 Å². The molecule has 1 unspecified atom stereocenters. The Morgan fingerprint density at radius 3 is 2.95 bits per heavy atom. The summed E-state index contributed by atoms with van der Waals surface area (Å²) in [5.74, 6) is 0.949. The van der Waals surface area contributed by atoms with Gasteiger partial charge in [-0.05, 0) is 24.8 Å². The summed E-state index contributed by atoms with van der Waals surface area (Å²) in [5.41, 5.74) is 1.31. The first-order valence-corrected chi connectivity index (χ1v) is 8.45. The van der Waals surface area contributed by atoms with Gasteiger partial charge < -0.3 is 4.74 Å². The lowest BCUT2D eigenvalue weighted by molar-refractivity contribution is 0.106. The van der Waals surface area contributed by atoms with Gasteiger partial charge in [0, 0.05) is 12.3 Å². The van der Waals surface area contributed by atoms with Gasteiger partial charge in [-0.3, -0.25) is 4.90 Å². The first kappa shape index (κ1) is 15.2. The molecule has 0 aliphatic carbocycles. The highest BCUT2D eigenvalue weighted by molar-refractivity contribution is 7.99. The Morgan fingerprint density at radius 1 is 1.40 bits per heavy atom. The maximum atomic E-state index is 12.0. The fourth-order valence-electron chi connectivity index (χ4n) is 2.27. The number of rotatable bonds is 6. The first-order chi connectivity index (χ1) is 9.81. The van der Waals surface area contributed by atoms with E-state index in [-0.39, 0.29) is 11.5 Å². The van der Waals surface area contributed by atoms with Crippen LogP contribution in [0.1, 0.15) is 38.2 Å². The van der Waals surface area contributed by atoms with Crippen LogP contribution in [0.15, 0.2) is 30.3 Å². The van der Waals surface area contributed by atoms with Crippen molar-refractivity contribution in [3.63, 3.8) is 0 Å². The summed E-state index contributed by atoms with van der Waals surface area (Å²) in [7, 11) is 0. The number of nitrogens with zero attached hydrogens (tertiary/aromatic N) is 1. The van der Waals surface area contributed by atoms with Gasteiger partial charge in [0.2, 0.25) is 0 Å². The zero-order chi connectivity index (χ0) is 14.2. The maximum Gasteiger partial charge on any atom is 0.410 e. The van der Waals surface area contributed by atoms with E-state index in [0.29, 0.717) is 6.61 Å². The van der Waals surface area contributed by atoms with Crippen molar-refractivity contribution >= 4 is 17.9 Å². The molecular weight excluding hydrogens is 270 g/mol. The molecule has 1 aromatic rings. The summed E-state index contributed by atoms with van der Waals surface area (Å²) in [6.45, 7) is 3.47. The molecule has 4 heteroatoms. The number of ether oxygens (including phenoxy) is 1. The second kappa shape index (κ2) is 8.20. The Hall–Kier alpha value is -1.16. The van der Waals surface area contributed by atoms with Crippen LogP contribution in [0.3, 0.4) is 0 Å². The van der Waals surface area contributed by atoms with Crippen molar-refractivity contribution in [3.05, 3.63) is 35.9 Å². The van der Waals surface area contributed by atoms with Gasteiger partial charge in [0.15, 0.2) is 0 Å². The van der Waals surface area contributed by atoms with Gasteiger partial charge in [0.05, 0.1) is 12.0 Å². The van der Waals surface area contributed by atoms with Gasteiger partial charge >= 0.3 is 6.09 Å². The minimum absolute atomic E-state index is 0.137. The van der Waals surface area contributed by atoms with E-state index in [4.69, 9.17) is 4.74 Å². The lowest BCUT2D eigenvalue weighted by atomic mass is 10.2. The van der Waals surface area contributed by atoms with Crippen molar-refractivity contribution in [2.45, 2.75) is 43.7 Å². The maximum absolute atomic E-state index is 12.0. The zero-order valence-electron chi connectivity index (χ0n) is 12.1. The molecule has 0 radical (unpaired) electrons. The lowest BCUT2D eigenvalue weighted by Gasteiger charge is -2.23. The first-order valence-electron chi connectivity index (χ1n) is 7.40. The average molecular weight is 293 g/mol. The van der Waals surface area contributed by atoms with Crippen LogP contribution in [0.25, 0.3) is 0 Å². The average Bonchev–Trinajstić information content (AvgIpc) is 2.95. The van der Waals surface area contributed by atoms with E-state index in [1.807, 2.05) is 22.7 Å². The highest BCUT2D eigenvalue weighted by Gasteiger charge is 2.29. The molecule has 1 amide bonds. The Balaban J connectivity index is 1.79. The summed E-state index contributed by atoms with van der Waals surface area (Å²) in [6.07, 6.45) is 4.01. The van der Waals surface area contributed by atoms with Gasteiger partial charge in [-0.1, -0.05) is 43.7 Å². The van der Waals surface area contributed by atoms with E-state index in [2.05, 4.69) is 31.2 Å². The molecule has 3 nitrogen and oxygen atoms in total. The molecule has 0 saturated carbocycles. The summed E-state index contributed by atoms with van der Waals surface area (Å²) >= 11 is 1.84. The number of thioether (sulfide) groups is 1. The molecule has 1 atom stereocenters. The van der Waals surface area contributed by atoms with Crippen LogP contribution in [0.5, 0.6) is 0 Å². The van der Waals surface area contributed by atoms with E-state index in [1.165, 1.54) is 5.56 Å². The Kier molecular flexibility index (Phi) is 6.25. The SMILES string of the molecule is CCCCOC(=O)N1CCCC1SCc1ccccc1. The van der Waals surface area contributed by atoms with Crippen molar-refractivity contribution in [1.29, 1.82) is 0 Å². The summed E-state index contributed by atoms with van der Waals surface area (Å²) in [4.78, 5) is 13.9. The molecule has 20 heavy (non-hydrogen) atoms. The molecule has 1 aliphatic rings. The van der Waals surface area contributed by atoms with Gasteiger partial charge in [0.1, 0.15) is 0 Å². The number of hydrogen-bond acceptors (Lipinski definition) is 3. The molecule has 1 saturated heterocycles. The number of carbonyl (C=O) groups is 1. The molecule has 1 fully saturated rings. The van der Waals surface area contributed by atoms with E-state index < -0.39 is 0 Å². The van der Waals surface area contributed by atoms with Crippen molar-refractivity contribution in [3.8, 4) is 0 Å². The minimum atomic E-state index is -0.137. The van der Waals surface area contributed by atoms with Crippen molar-refractivity contribution < 1.29 is 9.53 Å². The van der Waals surface area contributed by atoms with Gasteiger partial charge in [0.25, 0.3) is 0 Å². The fraction of sp³-hybridized carbons (Fsp3) is 0.562. The van der Waals surface area contributed by atoms with Crippen LogP contribution in [0.4, 0.5) is 4.79 Å². The second-order valence-electron chi connectivity index (χ2n) is 5.05. The largest absolute Gasteiger partial charge is 0.449 e. The van der Waals surface area contributed by atoms with Crippen molar-refractivity contribution in [1.82, 2.24) is 4.90 Å². The van der Waals surface area contributed by atoms with Crippen molar-refractivity contribution in [2.24, 2.45) is 0 Å². The summed E-state index contributed by atoms with van der Waals surface area (Å²) < 4.78 is 5.32. The third-order valence-electron chi connectivity index (χ3n) is 3.44. The third kappa shape index (κ3) is 4.44. The molecule has 1 heterocycles. The Bertz CT molecular complexity index is 410. The van der Waals surface area contributed by atoms with Crippen LogP contribution in [-0.2, 0) is 10.5 Å². The quantitative estimate of drug-likeness (QED) is 0.733. The Labute approximate surface area is 125 Å². The highest BCUT2D eigenvalue weighted by atomic mass is 32.2. The number of likely N-dealkylation sites (tertiary alicyclic amines) is 1. The predicted molar refractivity (Wildman–Crippen MR) is 83.7 cm³/mol. The molecule has 0 aromatic heterocycles. The topological polar surface area (TPSA) is 29.5 Å². The van der Waals surface area contributed by atoms with Crippen LogP contribution in [0.2, 0.25) is 0 Å². The standard InChI is InChI=1S/C16H23NO2S/c1-2-3-12-19-16(18)17-11-7-10-15(17)20-13-14-8-5-4-6-9-14/h4-6,8-9,15H,2-3,7,10-13H2,1H3. The molecule has 1 aliphatic heterocycles. The third-order valence-corrected chi connectivity index (χ3v) is 4.82. The highest BCUT2D eigenvalue weighted by Crippen LogP contribution is 2.30. The summed E-state index contributed by atoms with van der Waals surface area (Å²) in [5, 5.41) is 0.268. The van der Waals surface area contributed by atoms with Gasteiger partial charge in [-0.2, -0.15) is 0 Å². The van der Waals surface area contributed by atoms with Crippen LogP contribution >= 0.6 is 11.8 Å².